The third-order valence-electron chi connectivity index (χ3n) is 2.54. The normalized spacial score (nSPS) is 11.1. The molecule has 2 rings (SSSR count). The molecule has 7 nitrogen and oxygen atoms in total. The number of aromatic nitrogens is 4. The van der Waals surface area contributed by atoms with Crippen molar-refractivity contribution < 1.29 is 9.47 Å². The molecule has 98 valence electrons. The van der Waals surface area contributed by atoms with E-state index in [9.17, 15) is 0 Å². The number of nitrogens with zero attached hydrogens (tertiary/aromatic N) is 4. The molecule has 0 saturated heterocycles. The van der Waals surface area contributed by atoms with E-state index in [2.05, 4.69) is 20.4 Å². The molecule has 2 aromatic rings. The third-order valence-corrected chi connectivity index (χ3v) is 2.54. The summed E-state index contributed by atoms with van der Waals surface area (Å²) in [4.78, 5) is 8.81. The molecule has 7 heteroatoms. The molecule has 0 saturated carbocycles. The largest absolute Gasteiger partial charge is 0.382 e. The molecule has 2 aromatic heterocycles. The molecular formula is C11H17N5O2. The summed E-state index contributed by atoms with van der Waals surface area (Å²) in [5.74, 6) is 1.39. The molecule has 2 heterocycles. The molecular weight excluding hydrogens is 234 g/mol. The predicted molar refractivity (Wildman–Crippen MR) is 67.4 cm³/mol. The van der Waals surface area contributed by atoms with Gasteiger partial charge in [0.1, 0.15) is 12.4 Å². The van der Waals surface area contributed by atoms with Gasteiger partial charge in [-0.2, -0.15) is 5.10 Å². The highest BCUT2D eigenvalue weighted by molar-refractivity contribution is 5.86. The molecule has 18 heavy (non-hydrogen) atoms. The Morgan fingerprint density at radius 1 is 1.33 bits per heavy atom. The van der Waals surface area contributed by atoms with Crippen LogP contribution in [0.25, 0.3) is 11.0 Å². The van der Waals surface area contributed by atoms with Gasteiger partial charge in [-0.1, -0.05) is 0 Å². The van der Waals surface area contributed by atoms with E-state index in [1.54, 1.807) is 18.0 Å². The molecule has 0 unspecified atom stereocenters. The molecule has 0 radical (unpaired) electrons. The lowest BCUT2D eigenvalue weighted by Gasteiger charge is -2.06. The summed E-state index contributed by atoms with van der Waals surface area (Å²) in [5, 5.41) is 8.11. The van der Waals surface area contributed by atoms with Crippen LogP contribution in [-0.2, 0) is 23.1 Å². The minimum atomic E-state index is 0.360. The number of nitrogens with one attached hydrogen (secondary N) is 1. The Hall–Kier alpha value is -1.73. The summed E-state index contributed by atoms with van der Waals surface area (Å²) in [6, 6.07) is 0. The second-order valence-electron chi connectivity index (χ2n) is 3.79. The Morgan fingerprint density at radius 2 is 2.17 bits per heavy atom. The van der Waals surface area contributed by atoms with Crippen molar-refractivity contribution in [2.45, 2.75) is 6.61 Å². The van der Waals surface area contributed by atoms with Crippen molar-refractivity contribution in [1.82, 2.24) is 19.7 Å². The average Bonchev–Trinajstić information content (AvgIpc) is 2.76. The van der Waals surface area contributed by atoms with Crippen LogP contribution >= 0.6 is 0 Å². The molecule has 0 aliphatic carbocycles. The lowest BCUT2D eigenvalue weighted by atomic mass is 10.4. The smallest absolute Gasteiger partial charge is 0.163 e. The average molecular weight is 251 g/mol. The van der Waals surface area contributed by atoms with Gasteiger partial charge >= 0.3 is 0 Å². The van der Waals surface area contributed by atoms with Crippen molar-refractivity contribution >= 4 is 16.9 Å². The van der Waals surface area contributed by atoms with Gasteiger partial charge < -0.3 is 14.8 Å². The van der Waals surface area contributed by atoms with E-state index in [-0.39, 0.29) is 0 Å². The van der Waals surface area contributed by atoms with Gasteiger partial charge in [0.2, 0.25) is 0 Å². The fourth-order valence-corrected chi connectivity index (χ4v) is 1.63. The van der Waals surface area contributed by atoms with Gasteiger partial charge in [-0.25, -0.2) is 9.97 Å². The number of hydrogen-bond acceptors (Lipinski definition) is 6. The summed E-state index contributed by atoms with van der Waals surface area (Å²) in [6.45, 7) is 1.45. The van der Waals surface area contributed by atoms with Crippen molar-refractivity contribution in [3.05, 3.63) is 12.0 Å². The summed E-state index contributed by atoms with van der Waals surface area (Å²) < 4.78 is 12.0. The van der Waals surface area contributed by atoms with Crippen LogP contribution in [0.1, 0.15) is 5.82 Å². The van der Waals surface area contributed by atoms with E-state index >= 15 is 0 Å². The number of methoxy groups -OCH3 is 1. The monoisotopic (exact) mass is 251 g/mol. The highest BCUT2D eigenvalue weighted by atomic mass is 16.5. The number of aryl methyl sites for hydroxylation is 1. The van der Waals surface area contributed by atoms with Crippen molar-refractivity contribution in [1.29, 1.82) is 0 Å². The fraction of sp³-hybridized carbons (Fsp3) is 0.545. The van der Waals surface area contributed by atoms with Gasteiger partial charge in [0.25, 0.3) is 0 Å². The highest BCUT2D eigenvalue weighted by Crippen LogP contribution is 2.18. The van der Waals surface area contributed by atoms with E-state index in [1.165, 1.54) is 0 Å². The van der Waals surface area contributed by atoms with Gasteiger partial charge in [0.15, 0.2) is 11.5 Å². The van der Waals surface area contributed by atoms with Crippen LogP contribution in [-0.4, -0.2) is 47.1 Å². The van der Waals surface area contributed by atoms with Crippen LogP contribution in [0.5, 0.6) is 0 Å². The van der Waals surface area contributed by atoms with Crippen LogP contribution in [0, 0.1) is 0 Å². The molecule has 0 bridgehead atoms. The maximum Gasteiger partial charge on any atom is 0.163 e. The molecule has 0 atom stereocenters. The zero-order chi connectivity index (χ0) is 13.0. The van der Waals surface area contributed by atoms with Gasteiger partial charge in [0, 0.05) is 21.2 Å². The van der Waals surface area contributed by atoms with Crippen molar-refractivity contribution in [2.24, 2.45) is 7.05 Å². The summed E-state index contributed by atoms with van der Waals surface area (Å²) in [7, 11) is 5.31. The van der Waals surface area contributed by atoms with E-state index in [4.69, 9.17) is 9.47 Å². The molecule has 0 aliphatic heterocycles. The van der Waals surface area contributed by atoms with Crippen molar-refractivity contribution in [3.63, 3.8) is 0 Å². The van der Waals surface area contributed by atoms with Crippen LogP contribution in [0.4, 0.5) is 5.82 Å². The standard InChI is InChI=1S/C11H17N5O2/c1-12-10-8-6-13-16(2)11(8)15-9(14-10)7-18-5-4-17-3/h6H,4-5,7H2,1-3H3,(H,12,14,15). The van der Waals surface area contributed by atoms with Gasteiger partial charge in [-0.05, 0) is 0 Å². The number of fused-ring (bicyclic) bond motifs is 1. The Labute approximate surface area is 105 Å². The molecule has 0 aliphatic rings. The first kappa shape index (κ1) is 12.7. The van der Waals surface area contributed by atoms with E-state index in [1.807, 2.05) is 14.1 Å². The quantitative estimate of drug-likeness (QED) is 0.756. The minimum absolute atomic E-state index is 0.360. The first-order chi connectivity index (χ1) is 8.76. The SMILES string of the molecule is CNc1nc(COCCOC)nc2c1cnn2C. The first-order valence-corrected chi connectivity index (χ1v) is 5.69. The second kappa shape index (κ2) is 5.74. The third kappa shape index (κ3) is 2.57. The van der Waals surface area contributed by atoms with Crippen LogP contribution in [0.2, 0.25) is 0 Å². The predicted octanol–water partition coefficient (Wildman–Crippen LogP) is 0.568. The second-order valence-corrected chi connectivity index (χ2v) is 3.79. The fourth-order valence-electron chi connectivity index (χ4n) is 1.63. The van der Waals surface area contributed by atoms with Gasteiger partial charge in [0.05, 0.1) is 24.8 Å². The molecule has 0 fully saturated rings. The van der Waals surface area contributed by atoms with Crippen molar-refractivity contribution in [3.8, 4) is 0 Å². The Morgan fingerprint density at radius 3 is 2.89 bits per heavy atom. The number of hydrogen-bond donors (Lipinski definition) is 1. The van der Waals surface area contributed by atoms with Crippen LogP contribution < -0.4 is 5.32 Å². The van der Waals surface area contributed by atoms with Crippen LogP contribution in [0.15, 0.2) is 6.20 Å². The first-order valence-electron chi connectivity index (χ1n) is 5.69. The lowest BCUT2D eigenvalue weighted by Crippen LogP contribution is -2.07. The molecule has 0 spiro atoms. The summed E-state index contributed by atoms with van der Waals surface area (Å²) in [6.07, 6.45) is 1.75. The van der Waals surface area contributed by atoms with Gasteiger partial charge in [-0.15, -0.1) is 0 Å². The molecule has 0 amide bonds. The van der Waals surface area contributed by atoms with E-state index in [0.29, 0.717) is 25.6 Å². The molecule has 1 N–H and O–H groups in total. The Balaban J connectivity index is 2.20. The maximum atomic E-state index is 5.42. The Bertz CT molecular complexity index is 525. The van der Waals surface area contributed by atoms with E-state index in [0.717, 1.165) is 16.9 Å². The highest BCUT2D eigenvalue weighted by Gasteiger charge is 2.10. The zero-order valence-electron chi connectivity index (χ0n) is 10.8. The molecule has 0 aromatic carbocycles. The zero-order valence-corrected chi connectivity index (χ0v) is 10.8. The topological polar surface area (TPSA) is 74.1 Å². The van der Waals surface area contributed by atoms with Crippen molar-refractivity contribution in [2.75, 3.05) is 32.7 Å². The lowest BCUT2D eigenvalue weighted by molar-refractivity contribution is 0.0587. The number of ether oxygens (including phenoxy) is 2. The minimum Gasteiger partial charge on any atom is -0.382 e. The van der Waals surface area contributed by atoms with Crippen LogP contribution in [0.3, 0.4) is 0 Å². The number of anilines is 1. The Kier molecular flexibility index (Phi) is 4.06. The summed E-state index contributed by atoms with van der Waals surface area (Å²) >= 11 is 0. The van der Waals surface area contributed by atoms with Gasteiger partial charge in [-0.3, -0.25) is 4.68 Å². The summed E-state index contributed by atoms with van der Waals surface area (Å²) in [5.41, 5.74) is 0.791. The maximum absolute atomic E-state index is 5.42. The number of rotatable bonds is 6. The van der Waals surface area contributed by atoms with E-state index < -0.39 is 0 Å².